The van der Waals surface area contributed by atoms with Crippen molar-refractivity contribution in [2.75, 3.05) is 18.5 Å². The largest absolute Gasteiger partial charge is 0.381 e. The number of aromatic nitrogens is 3. The van der Waals surface area contributed by atoms with Crippen molar-refractivity contribution in [3.63, 3.8) is 0 Å². The van der Waals surface area contributed by atoms with Crippen LogP contribution in [0.25, 0.3) is 0 Å². The standard InChI is InChI=1S/C11H18N4O2/c1-2-17-7-6-9(16)12-11-13-10(14-15-11)8-4-3-5-8/h8H,2-7H2,1H3,(H2,12,13,14,15,16). The van der Waals surface area contributed by atoms with Crippen LogP contribution in [0.5, 0.6) is 0 Å². The van der Waals surface area contributed by atoms with E-state index in [9.17, 15) is 4.79 Å². The smallest absolute Gasteiger partial charge is 0.248 e. The van der Waals surface area contributed by atoms with E-state index in [1.807, 2.05) is 6.92 Å². The van der Waals surface area contributed by atoms with Gasteiger partial charge in [-0.1, -0.05) is 6.42 Å². The topological polar surface area (TPSA) is 79.9 Å². The summed E-state index contributed by atoms with van der Waals surface area (Å²) >= 11 is 0. The van der Waals surface area contributed by atoms with Crippen molar-refractivity contribution in [3.8, 4) is 0 Å². The molecule has 0 bridgehead atoms. The maximum Gasteiger partial charge on any atom is 0.248 e. The van der Waals surface area contributed by atoms with E-state index < -0.39 is 0 Å². The summed E-state index contributed by atoms with van der Waals surface area (Å²) in [6.45, 7) is 2.96. The lowest BCUT2D eigenvalue weighted by atomic mass is 9.85. The van der Waals surface area contributed by atoms with Crippen molar-refractivity contribution >= 4 is 11.9 Å². The van der Waals surface area contributed by atoms with Crippen LogP contribution in [0.1, 0.15) is 44.3 Å². The quantitative estimate of drug-likeness (QED) is 0.735. The van der Waals surface area contributed by atoms with Crippen LogP contribution in [0.2, 0.25) is 0 Å². The second-order valence-electron chi connectivity index (χ2n) is 4.17. The van der Waals surface area contributed by atoms with Gasteiger partial charge in [0.05, 0.1) is 13.0 Å². The summed E-state index contributed by atoms with van der Waals surface area (Å²) in [5.74, 6) is 1.64. The first kappa shape index (κ1) is 12.0. The Morgan fingerprint density at radius 1 is 1.59 bits per heavy atom. The van der Waals surface area contributed by atoms with E-state index >= 15 is 0 Å². The third kappa shape index (κ3) is 3.26. The maximum atomic E-state index is 11.5. The van der Waals surface area contributed by atoms with Crippen LogP contribution in [0, 0.1) is 0 Å². The SMILES string of the molecule is CCOCCC(=O)Nc1n[nH]c(C2CCC2)n1. The van der Waals surface area contributed by atoms with Gasteiger partial charge >= 0.3 is 0 Å². The fourth-order valence-electron chi connectivity index (χ4n) is 1.69. The lowest BCUT2D eigenvalue weighted by Crippen LogP contribution is -2.15. The Hall–Kier alpha value is -1.43. The summed E-state index contributed by atoms with van der Waals surface area (Å²) in [5.41, 5.74) is 0. The molecule has 17 heavy (non-hydrogen) atoms. The van der Waals surface area contributed by atoms with Gasteiger partial charge in [0, 0.05) is 12.5 Å². The van der Waals surface area contributed by atoms with Crippen molar-refractivity contribution < 1.29 is 9.53 Å². The molecule has 1 aromatic heterocycles. The number of amides is 1. The number of H-pyrrole nitrogens is 1. The molecular formula is C11H18N4O2. The highest BCUT2D eigenvalue weighted by molar-refractivity contribution is 5.88. The van der Waals surface area contributed by atoms with Gasteiger partial charge in [0.1, 0.15) is 5.82 Å². The minimum Gasteiger partial charge on any atom is -0.381 e. The molecular weight excluding hydrogens is 220 g/mol. The van der Waals surface area contributed by atoms with Crippen LogP contribution in [-0.2, 0) is 9.53 Å². The van der Waals surface area contributed by atoms with E-state index in [0.717, 1.165) is 18.7 Å². The van der Waals surface area contributed by atoms with E-state index in [2.05, 4.69) is 20.5 Å². The molecule has 1 aromatic rings. The van der Waals surface area contributed by atoms with Crippen molar-refractivity contribution in [2.24, 2.45) is 0 Å². The summed E-state index contributed by atoms with van der Waals surface area (Å²) in [5, 5.41) is 9.50. The summed E-state index contributed by atoms with van der Waals surface area (Å²) in [7, 11) is 0. The van der Waals surface area contributed by atoms with Gasteiger partial charge in [-0.2, -0.15) is 4.98 Å². The summed E-state index contributed by atoms with van der Waals surface area (Å²) in [6.07, 6.45) is 3.91. The Morgan fingerprint density at radius 3 is 3.06 bits per heavy atom. The molecule has 0 atom stereocenters. The number of carbonyl (C=O) groups is 1. The molecule has 0 aromatic carbocycles. The number of aromatic amines is 1. The van der Waals surface area contributed by atoms with Gasteiger partial charge in [0.25, 0.3) is 0 Å². The van der Waals surface area contributed by atoms with Crippen LogP contribution < -0.4 is 5.32 Å². The third-order valence-corrected chi connectivity index (χ3v) is 2.92. The molecule has 2 rings (SSSR count). The highest BCUT2D eigenvalue weighted by Crippen LogP contribution is 2.34. The number of carbonyl (C=O) groups excluding carboxylic acids is 1. The van der Waals surface area contributed by atoms with Crippen molar-refractivity contribution in [1.29, 1.82) is 0 Å². The number of rotatable bonds is 6. The molecule has 1 saturated carbocycles. The summed E-state index contributed by atoms with van der Waals surface area (Å²) in [6, 6.07) is 0. The predicted molar refractivity (Wildman–Crippen MR) is 62.7 cm³/mol. The monoisotopic (exact) mass is 238 g/mol. The van der Waals surface area contributed by atoms with Crippen LogP contribution in [-0.4, -0.2) is 34.3 Å². The Bertz CT molecular complexity index is 373. The van der Waals surface area contributed by atoms with Gasteiger partial charge in [0.2, 0.25) is 11.9 Å². The Morgan fingerprint density at radius 2 is 2.41 bits per heavy atom. The highest BCUT2D eigenvalue weighted by Gasteiger charge is 2.23. The minimum absolute atomic E-state index is 0.113. The zero-order valence-electron chi connectivity index (χ0n) is 10.0. The molecule has 0 spiro atoms. The molecule has 94 valence electrons. The van der Waals surface area contributed by atoms with Crippen LogP contribution in [0.4, 0.5) is 5.95 Å². The average Bonchev–Trinajstić information content (AvgIpc) is 2.64. The molecule has 1 heterocycles. The van der Waals surface area contributed by atoms with E-state index in [1.165, 1.54) is 6.42 Å². The van der Waals surface area contributed by atoms with Gasteiger partial charge in [-0.3, -0.25) is 15.2 Å². The lowest BCUT2D eigenvalue weighted by molar-refractivity contribution is -0.117. The van der Waals surface area contributed by atoms with E-state index in [0.29, 0.717) is 31.5 Å². The summed E-state index contributed by atoms with van der Waals surface area (Å²) < 4.78 is 5.10. The van der Waals surface area contributed by atoms with Gasteiger partial charge in [0.15, 0.2) is 0 Å². The first-order chi connectivity index (χ1) is 8.29. The van der Waals surface area contributed by atoms with Gasteiger partial charge in [-0.25, -0.2) is 0 Å². The zero-order valence-corrected chi connectivity index (χ0v) is 10.0. The molecule has 6 nitrogen and oxygen atoms in total. The van der Waals surface area contributed by atoms with Gasteiger partial charge in [-0.15, -0.1) is 5.10 Å². The predicted octanol–water partition coefficient (Wildman–Crippen LogP) is 1.44. The van der Waals surface area contributed by atoms with Crippen LogP contribution >= 0.6 is 0 Å². The molecule has 1 aliphatic rings. The molecule has 0 saturated heterocycles. The third-order valence-electron chi connectivity index (χ3n) is 2.92. The number of nitrogens with one attached hydrogen (secondary N) is 2. The van der Waals surface area contributed by atoms with E-state index in [1.54, 1.807) is 0 Å². The number of nitrogens with zero attached hydrogens (tertiary/aromatic N) is 2. The Labute approximate surface area is 100 Å². The van der Waals surface area contributed by atoms with E-state index in [-0.39, 0.29) is 5.91 Å². The first-order valence-corrected chi connectivity index (χ1v) is 6.09. The molecule has 6 heteroatoms. The Balaban J connectivity index is 1.77. The molecule has 1 aliphatic carbocycles. The Kier molecular flexibility index (Phi) is 4.08. The number of ether oxygens (including phenoxy) is 1. The van der Waals surface area contributed by atoms with Crippen molar-refractivity contribution in [2.45, 2.75) is 38.5 Å². The fourth-order valence-corrected chi connectivity index (χ4v) is 1.69. The first-order valence-electron chi connectivity index (χ1n) is 6.09. The van der Waals surface area contributed by atoms with E-state index in [4.69, 9.17) is 4.74 Å². The number of hydrogen-bond donors (Lipinski definition) is 2. The maximum absolute atomic E-state index is 11.5. The molecule has 0 radical (unpaired) electrons. The second kappa shape index (κ2) is 5.77. The van der Waals surface area contributed by atoms with Gasteiger partial charge < -0.3 is 4.74 Å². The average molecular weight is 238 g/mol. The molecule has 1 amide bonds. The van der Waals surface area contributed by atoms with Crippen molar-refractivity contribution in [1.82, 2.24) is 15.2 Å². The highest BCUT2D eigenvalue weighted by atomic mass is 16.5. The normalized spacial score (nSPS) is 15.6. The molecule has 1 fully saturated rings. The summed E-state index contributed by atoms with van der Waals surface area (Å²) in [4.78, 5) is 15.7. The van der Waals surface area contributed by atoms with Gasteiger partial charge in [-0.05, 0) is 19.8 Å². The minimum atomic E-state index is -0.113. The number of hydrogen-bond acceptors (Lipinski definition) is 4. The molecule has 0 unspecified atom stereocenters. The zero-order chi connectivity index (χ0) is 12.1. The lowest BCUT2D eigenvalue weighted by Gasteiger charge is -2.22. The molecule has 0 aliphatic heterocycles. The van der Waals surface area contributed by atoms with Crippen LogP contribution in [0.3, 0.4) is 0 Å². The van der Waals surface area contributed by atoms with Crippen molar-refractivity contribution in [3.05, 3.63) is 5.82 Å². The van der Waals surface area contributed by atoms with Crippen LogP contribution in [0.15, 0.2) is 0 Å². The molecule has 2 N–H and O–H groups in total. The number of anilines is 1. The fraction of sp³-hybridized carbons (Fsp3) is 0.727. The second-order valence-corrected chi connectivity index (χ2v) is 4.17.